The van der Waals surface area contributed by atoms with Gasteiger partial charge in [-0.15, -0.1) is 6.58 Å². The fourth-order valence-electron chi connectivity index (χ4n) is 5.08. The van der Waals surface area contributed by atoms with Gasteiger partial charge in [0.15, 0.2) is 0 Å². The van der Waals surface area contributed by atoms with E-state index in [1.165, 1.54) is 11.1 Å². The van der Waals surface area contributed by atoms with E-state index in [4.69, 9.17) is 10.5 Å². The zero-order chi connectivity index (χ0) is 29.6. The smallest absolute Gasteiger partial charge is 0.230 e. The Kier molecular flexibility index (Phi) is 12.6. The molecule has 218 valence electrons. The molecule has 0 saturated heterocycles. The Labute approximate surface area is 246 Å². The van der Waals surface area contributed by atoms with Crippen molar-refractivity contribution in [1.29, 1.82) is 0 Å². The predicted molar refractivity (Wildman–Crippen MR) is 171 cm³/mol. The maximum atomic E-state index is 14.1. The van der Waals surface area contributed by atoms with Crippen LogP contribution in [0.15, 0.2) is 102 Å². The number of fused-ring (bicyclic) bond motifs is 1. The van der Waals surface area contributed by atoms with Crippen LogP contribution in [0, 0.1) is 0 Å². The molecule has 0 aliphatic heterocycles. The van der Waals surface area contributed by atoms with Crippen LogP contribution < -0.4 is 10.5 Å². The van der Waals surface area contributed by atoms with Gasteiger partial charge in [0.05, 0.1) is 25.8 Å². The number of carbonyl (C=O) groups is 1. The minimum absolute atomic E-state index is 0.0325. The molecule has 2 unspecified atom stereocenters. The summed E-state index contributed by atoms with van der Waals surface area (Å²) in [6, 6.07) is 16.3. The highest BCUT2D eigenvalue weighted by Crippen LogP contribution is 2.35. The first-order valence-electron chi connectivity index (χ1n) is 14.4. The first-order chi connectivity index (χ1) is 19.8. The second-order valence-electron chi connectivity index (χ2n) is 10.7. The van der Waals surface area contributed by atoms with Crippen LogP contribution in [0.4, 0.5) is 0 Å². The molecule has 2 atom stereocenters. The van der Waals surface area contributed by atoms with Gasteiger partial charge in [-0.3, -0.25) is 9.80 Å². The van der Waals surface area contributed by atoms with Gasteiger partial charge in [-0.25, -0.2) is 0 Å². The van der Waals surface area contributed by atoms with E-state index in [0.29, 0.717) is 19.6 Å². The van der Waals surface area contributed by atoms with Crippen LogP contribution in [-0.2, 0) is 17.8 Å². The number of methoxy groups -OCH3 is 1. The molecule has 0 spiro atoms. The second kappa shape index (κ2) is 16.4. The third-order valence-corrected chi connectivity index (χ3v) is 7.34. The van der Waals surface area contributed by atoms with E-state index in [9.17, 15) is 4.79 Å². The lowest BCUT2D eigenvalue weighted by Crippen LogP contribution is -2.38. The van der Waals surface area contributed by atoms with Gasteiger partial charge in [-0.2, -0.15) is 5.10 Å². The van der Waals surface area contributed by atoms with Gasteiger partial charge in [0, 0.05) is 26.2 Å². The summed E-state index contributed by atoms with van der Waals surface area (Å²) in [6.07, 6.45) is 14.2. The summed E-state index contributed by atoms with van der Waals surface area (Å²) in [4.78, 5) is 16.0. The third-order valence-electron chi connectivity index (χ3n) is 7.34. The zero-order valence-electron chi connectivity index (χ0n) is 25.0. The van der Waals surface area contributed by atoms with Crippen molar-refractivity contribution >= 4 is 12.1 Å². The van der Waals surface area contributed by atoms with Crippen molar-refractivity contribution in [2.45, 2.75) is 57.5 Å². The molecule has 0 bridgehead atoms. The molecule has 0 heterocycles. The molecule has 0 fully saturated rings. The van der Waals surface area contributed by atoms with Crippen LogP contribution in [0.3, 0.4) is 0 Å². The summed E-state index contributed by atoms with van der Waals surface area (Å²) in [5, 5.41) is 6.45. The van der Waals surface area contributed by atoms with Gasteiger partial charge in [0.2, 0.25) is 5.91 Å². The number of amides is 1. The number of nitrogens with zero attached hydrogens (tertiary/aromatic N) is 3. The monoisotopic (exact) mass is 554 g/mol. The van der Waals surface area contributed by atoms with Gasteiger partial charge >= 0.3 is 0 Å². The van der Waals surface area contributed by atoms with Crippen molar-refractivity contribution in [3.8, 4) is 5.75 Å². The molecule has 2 aromatic rings. The molecule has 2 N–H and O–H groups in total. The largest absolute Gasteiger partial charge is 0.497 e. The number of benzene rings is 2. The minimum atomic E-state index is -0.208. The van der Waals surface area contributed by atoms with E-state index in [0.717, 1.165) is 54.6 Å². The summed E-state index contributed by atoms with van der Waals surface area (Å²) in [6.45, 7) is 11.6. The summed E-state index contributed by atoms with van der Waals surface area (Å²) in [5.74, 6) is 0.674. The van der Waals surface area contributed by atoms with Crippen LogP contribution in [-0.4, -0.2) is 55.3 Å². The van der Waals surface area contributed by atoms with Gasteiger partial charge in [0.1, 0.15) is 5.75 Å². The Bertz CT molecular complexity index is 1250. The number of aryl methyl sites for hydroxylation is 1. The van der Waals surface area contributed by atoms with Crippen molar-refractivity contribution in [1.82, 2.24) is 9.91 Å². The standard InChI is InChI=1S/C35H46N4O2/c1-6-7-16-30(28(3)36)17-11-12-22-39(25-27(2)24-37-38(4)26-29-14-9-8-10-15-29)35(40)33-19-13-18-31-20-21-32(41-5)23-34(31)33/h6,8-12,14-16,20-21,23-24,28,33H,1-2,7,13,17-19,22,25-26,36H2,3-5H3/b12-11-,30-16+,37-24-. The van der Waals surface area contributed by atoms with Crippen LogP contribution in [0.1, 0.15) is 55.2 Å². The molecule has 1 amide bonds. The molecular formula is C35H46N4O2. The van der Waals surface area contributed by atoms with Crippen LogP contribution in [0.25, 0.3) is 0 Å². The zero-order valence-corrected chi connectivity index (χ0v) is 25.0. The van der Waals surface area contributed by atoms with Gasteiger partial charge < -0.3 is 15.4 Å². The van der Waals surface area contributed by atoms with E-state index in [-0.39, 0.29) is 17.9 Å². The summed E-state index contributed by atoms with van der Waals surface area (Å²) in [5.41, 5.74) is 11.6. The lowest BCUT2D eigenvalue weighted by atomic mass is 9.81. The molecule has 1 aliphatic carbocycles. The molecule has 6 nitrogen and oxygen atoms in total. The van der Waals surface area contributed by atoms with Crippen molar-refractivity contribution < 1.29 is 9.53 Å². The van der Waals surface area contributed by atoms with Gasteiger partial charge in [-0.1, -0.05) is 72.9 Å². The molecule has 2 aromatic carbocycles. The first kappa shape index (κ1) is 31.6. The number of carbonyl (C=O) groups excluding carboxylic acids is 1. The maximum absolute atomic E-state index is 14.1. The average Bonchev–Trinajstić information content (AvgIpc) is 2.98. The average molecular weight is 555 g/mol. The van der Waals surface area contributed by atoms with Crippen LogP contribution in [0.2, 0.25) is 0 Å². The van der Waals surface area contributed by atoms with Crippen molar-refractivity contribution in [3.63, 3.8) is 0 Å². The topological polar surface area (TPSA) is 71.2 Å². The van der Waals surface area contributed by atoms with Crippen molar-refractivity contribution in [2.75, 3.05) is 27.2 Å². The number of nitrogens with two attached hydrogens (primary N) is 1. The number of hydrazone groups is 1. The van der Waals surface area contributed by atoms with Gasteiger partial charge in [-0.05, 0) is 73.4 Å². The summed E-state index contributed by atoms with van der Waals surface area (Å²) >= 11 is 0. The predicted octanol–water partition coefficient (Wildman–Crippen LogP) is 6.41. The highest BCUT2D eigenvalue weighted by Gasteiger charge is 2.30. The van der Waals surface area contributed by atoms with Crippen LogP contribution in [0.5, 0.6) is 5.75 Å². The fourth-order valence-corrected chi connectivity index (χ4v) is 5.08. The Morgan fingerprint density at radius 2 is 2.00 bits per heavy atom. The van der Waals surface area contributed by atoms with E-state index in [1.807, 2.05) is 60.3 Å². The maximum Gasteiger partial charge on any atom is 0.230 e. The number of allylic oxidation sites excluding steroid dienone is 3. The summed E-state index contributed by atoms with van der Waals surface area (Å²) < 4.78 is 5.49. The molecule has 0 radical (unpaired) electrons. The molecule has 3 rings (SSSR count). The van der Waals surface area contributed by atoms with E-state index >= 15 is 0 Å². The van der Waals surface area contributed by atoms with E-state index < -0.39 is 0 Å². The van der Waals surface area contributed by atoms with Crippen LogP contribution >= 0.6 is 0 Å². The molecule has 0 aromatic heterocycles. The number of hydrogen-bond acceptors (Lipinski definition) is 5. The second-order valence-corrected chi connectivity index (χ2v) is 10.7. The Morgan fingerprint density at radius 3 is 2.71 bits per heavy atom. The lowest BCUT2D eigenvalue weighted by molar-refractivity contribution is -0.132. The normalized spacial score (nSPS) is 15.9. The van der Waals surface area contributed by atoms with Gasteiger partial charge in [0.25, 0.3) is 0 Å². The first-order valence-corrected chi connectivity index (χ1v) is 14.4. The molecule has 1 aliphatic rings. The van der Waals surface area contributed by atoms with Crippen molar-refractivity contribution in [2.24, 2.45) is 10.8 Å². The molecule has 0 saturated carbocycles. The third kappa shape index (κ3) is 9.90. The van der Waals surface area contributed by atoms with Crippen molar-refractivity contribution in [3.05, 3.63) is 114 Å². The Hall–Kier alpha value is -3.90. The molecule has 41 heavy (non-hydrogen) atoms. The minimum Gasteiger partial charge on any atom is -0.497 e. The quantitative estimate of drug-likeness (QED) is 0.157. The Balaban J connectivity index is 1.76. The number of ether oxygens (including phenoxy) is 1. The SMILES string of the molecule is C=CC/C=C(\C/C=C\CN(CC(=C)/C=N\N(C)Cc1ccccc1)C(=O)C1CCCc2ccc(OC)cc21)C(C)N. The number of rotatable bonds is 15. The number of hydrogen-bond donors (Lipinski definition) is 1. The Morgan fingerprint density at radius 1 is 1.22 bits per heavy atom. The molecule has 6 heteroatoms. The molecular weight excluding hydrogens is 508 g/mol. The summed E-state index contributed by atoms with van der Waals surface area (Å²) in [7, 11) is 3.60. The van der Waals surface area contributed by atoms with E-state index in [2.05, 4.69) is 54.7 Å². The fraction of sp³-hybridized carbons (Fsp3) is 0.371. The highest BCUT2D eigenvalue weighted by atomic mass is 16.5. The highest BCUT2D eigenvalue weighted by molar-refractivity contribution is 5.86. The lowest BCUT2D eigenvalue weighted by Gasteiger charge is -2.31. The van der Waals surface area contributed by atoms with E-state index in [1.54, 1.807) is 13.3 Å².